The van der Waals surface area contributed by atoms with Gasteiger partial charge in [0.2, 0.25) is 5.89 Å². The lowest BCUT2D eigenvalue weighted by molar-refractivity contribution is 0.0646. The van der Waals surface area contributed by atoms with Crippen LogP contribution in [0.4, 0.5) is 0 Å². The Hall–Kier alpha value is -2.45. The quantitative estimate of drug-likeness (QED) is 0.319. The fourth-order valence-electron chi connectivity index (χ4n) is 2.67. The largest absolute Gasteiger partial charge is 0.374 e. The molecule has 2 unspecified atom stereocenters. The fourth-order valence-corrected chi connectivity index (χ4v) is 2.67. The number of rotatable bonds is 12. The van der Waals surface area contributed by atoms with E-state index in [4.69, 9.17) is 14.0 Å². The van der Waals surface area contributed by atoms with Gasteiger partial charge in [-0.2, -0.15) is 4.98 Å². The summed E-state index contributed by atoms with van der Waals surface area (Å²) in [5.74, 6) is 1.71. The molecule has 1 heterocycles. The molecular weight excluding hydrogens is 370 g/mol. The summed E-state index contributed by atoms with van der Waals surface area (Å²) >= 11 is 0. The zero-order valence-corrected chi connectivity index (χ0v) is 17.9. The number of hydrogen-bond donors (Lipinski definition) is 2. The van der Waals surface area contributed by atoms with Crippen LogP contribution in [0.2, 0.25) is 0 Å². The van der Waals surface area contributed by atoms with Crippen LogP contribution in [0, 0.1) is 0 Å². The first-order chi connectivity index (χ1) is 14.1. The van der Waals surface area contributed by atoms with Crippen molar-refractivity contribution in [1.29, 1.82) is 0 Å². The van der Waals surface area contributed by atoms with Crippen LogP contribution in [0.15, 0.2) is 39.8 Å². The molecule has 160 valence electrons. The van der Waals surface area contributed by atoms with Gasteiger partial charge in [0.25, 0.3) is 0 Å². The van der Waals surface area contributed by atoms with Crippen LogP contribution >= 0.6 is 0 Å². The number of hydrogen-bond acceptors (Lipinski definition) is 6. The van der Waals surface area contributed by atoms with Crippen molar-refractivity contribution in [3.63, 3.8) is 0 Å². The molecule has 2 rings (SSSR count). The summed E-state index contributed by atoms with van der Waals surface area (Å²) in [6.07, 6.45) is 0.771. The van der Waals surface area contributed by atoms with Gasteiger partial charge in [-0.15, -0.1) is 0 Å². The van der Waals surface area contributed by atoms with Gasteiger partial charge < -0.3 is 24.6 Å². The summed E-state index contributed by atoms with van der Waals surface area (Å²) in [6.45, 7) is 11.0. The number of guanidine groups is 1. The normalized spacial score (nSPS) is 13.9. The molecule has 0 spiro atoms. The molecule has 2 aromatic rings. The van der Waals surface area contributed by atoms with Crippen molar-refractivity contribution in [2.24, 2.45) is 4.99 Å². The molecule has 0 aliphatic rings. The van der Waals surface area contributed by atoms with E-state index >= 15 is 0 Å². The second-order valence-corrected chi connectivity index (χ2v) is 6.54. The van der Waals surface area contributed by atoms with Crippen LogP contribution in [0.5, 0.6) is 0 Å². The SMILES string of the molecule is CCNC(=NCc1nc(C(C)OCC)no1)NCCCOC(C)c1ccccc1. The molecule has 0 bridgehead atoms. The molecule has 8 nitrogen and oxygen atoms in total. The highest BCUT2D eigenvalue weighted by atomic mass is 16.5. The van der Waals surface area contributed by atoms with E-state index in [0.717, 1.165) is 19.5 Å². The molecule has 2 N–H and O–H groups in total. The van der Waals surface area contributed by atoms with Crippen molar-refractivity contribution < 1.29 is 14.0 Å². The van der Waals surface area contributed by atoms with Crippen LogP contribution < -0.4 is 10.6 Å². The van der Waals surface area contributed by atoms with E-state index in [1.54, 1.807) is 0 Å². The predicted octanol–water partition coefficient (Wildman–Crippen LogP) is 3.39. The number of nitrogens with one attached hydrogen (secondary N) is 2. The molecular formula is C21H33N5O3. The molecule has 0 saturated heterocycles. The van der Waals surface area contributed by atoms with Crippen molar-refractivity contribution in [3.05, 3.63) is 47.6 Å². The zero-order chi connectivity index (χ0) is 20.9. The summed E-state index contributed by atoms with van der Waals surface area (Å²) in [6, 6.07) is 10.2. The highest BCUT2D eigenvalue weighted by Crippen LogP contribution is 2.15. The van der Waals surface area contributed by atoms with Crippen molar-refractivity contribution in [2.75, 3.05) is 26.3 Å². The van der Waals surface area contributed by atoms with Crippen LogP contribution in [0.1, 0.15) is 63.6 Å². The first-order valence-electron chi connectivity index (χ1n) is 10.3. The van der Waals surface area contributed by atoms with Gasteiger partial charge in [0, 0.05) is 26.3 Å². The molecule has 0 saturated carbocycles. The Morgan fingerprint density at radius 2 is 1.90 bits per heavy atom. The second kappa shape index (κ2) is 12.9. The molecule has 0 aliphatic heterocycles. The lowest BCUT2D eigenvalue weighted by Gasteiger charge is -2.14. The summed E-state index contributed by atoms with van der Waals surface area (Å²) < 4.78 is 16.6. The lowest BCUT2D eigenvalue weighted by atomic mass is 10.1. The first-order valence-corrected chi connectivity index (χ1v) is 10.3. The maximum absolute atomic E-state index is 5.90. The number of benzene rings is 1. The van der Waals surface area contributed by atoms with Crippen molar-refractivity contribution in [3.8, 4) is 0 Å². The average molecular weight is 404 g/mol. The Bertz CT molecular complexity index is 720. The van der Waals surface area contributed by atoms with E-state index in [0.29, 0.717) is 37.4 Å². The summed E-state index contributed by atoms with van der Waals surface area (Å²) in [4.78, 5) is 8.83. The van der Waals surface area contributed by atoms with Gasteiger partial charge in [0.15, 0.2) is 11.8 Å². The third-order valence-corrected chi connectivity index (χ3v) is 4.23. The molecule has 1 aromatic carbocycles. The minimum absolute atomic E-state index is 0.0870. The van der Waals surface area contributed by atoms with Crippen LogP contribution in [0.25, 0.3) is 0 Å². The third-order valence-electron chi connectivity index (χ3n) is 4.23. The smallest absolute Gasteiger partial charge is 0.248 e. The molecule has 0 aliphatic carbocycles. The maximum Gasteiger partial charge on any atom is 0.248 e. The number of aromatic nitrogens is 2. The van der Waals surface area contributed by atoms with E-state index in [9.17, 15) is 0 Å². The van der Waals surface area contributed by atoms with E-state index in [1.165, 1.54) is 5.56 Å². The maximum atomic E-state index is 5.90. The lowest BCUT2D eigenvalue weighted by Crippen LogP contribution is -2.38. The number of nitrogens with zero attached hydrogens (tertiary/aromatic N) is 3. The minimum Gasteiger partial charge on any atom is -0.374 e. The van der Waals surface area contributed by atoms with Gasteiger partial charge >= 0.3 is 0 Å². The van der Waals surface area contributed by atoms with E-state index < -0.39 is 0 Å². The number of aliphatic imine (C=N–C) groups is 1. The molecule has 0 fully saturated rings. The second-order valence-electron chi connectivity index (χ2n) is 6.54. The molecule has 0 amide bonds. The Labute approximate surface area is 173 Å². The van der Waals surface area contributed by atoms with Crippen LogP contribution in [-0.4, -0.2) is 42.4 Å². The van der Waals surface area contributed by atoms with Gasteiger partial charge in [-0.05, 0) is 39.7 Å². The monoisotopic (exact) mass is 403 g/mol. The van der Waals surface area contributed by atoms with Gasteiger partial charge in [0.1, 0.15) is 12.6 Å². The minimum atomic E-state index is -0.189. The third kappa shape index (κ3) is 8.21. The number of ether oxygens (including phenoxy) is 2. The van der Waals surface area contributed by atoms with Gasteiger partial charge in [0.05, 0.1) is 6.10 Å². The summed E-state index contributed by atoms with van der Waals surface area (Å²) in [5.41, 5.74) is 1.19. The van der Waals surface area contributed by atoms with Gasteiger partial charge in [-0.1, -0.05) is 35.5 Å². The Kier molecular flexibility index (Phi) is 10.2. The topological polar surface area (TPSA) is 93.8 Å². The van der Waals surface area contributed by atoms with Crippen molar-refractivity contribution in [1.82, 2.24) is 20.8 Å². The average Bonchev–Trinajstić information content (AvgIpc) is 3.21. The summed E-state index contributed by atoms with van der Waals surface area (Å²) in [5, 5.41) is 10.5. The van der Waals surface area contributed by atoms with Gasteiger partial charge in [-0.3, -0.25) is 0 Å². The van der Waals surface area contributed by atoms with E-state index in [1.807, 2.05) is 39.0 Å². The molecule has 29 heavy (non-hydrogen) atoms. The van der Waals surface area contributed by atoms with Crippen molar-refractivity contribution >= 4 is 5.96 Å². The predicted molar refractivity (Wildman–Crippen MR) is 113 cm³/mol. The standard InChI is InChI=1S/C21H33N5O3/c1-5-22-21(24-15-19-25-20(26-29-19)17(4)27-6-2)23-13-10-14-28-16(3)18-11-8-7-9-12-18/h7-9,11-12,16-17H,5-6,10,13-15H2,1-4H3,(H2,22,23,24). The first kappa shape index (κ1) is 22.8. The van der Waals surface area contributed by atoms with E-state index in [2.05, 4.69) is 44.8 Å². The Balaban J connectivity index is 1.73. The summed E-state index contributed by atoms with van der Waals surface area (Å²) in [7, 11) is 0. The molecule has 2 atom stereocenters. The Morgan fingerprint density at radius 3 is 2.62 bits per heavy atom. The molecule has 0 radical (unpaired) electrons. The van der Waals surface area contributed by atoms with E-state index in [-0.39, 0.29) is 12.2 Å². The van der Waals surface area contributed by atoms with Crippen molar-refractivity contribution in [2.45, 2.75) is 52.9 Å². The van der Waals surface area contributed by atoms with Gasteiger partial charge in [-0.25, -0.2) is 4.99 Å². The Morgan fingerprint density at radius 1 is 1.10 bits per heavy atom. The zero-order valence-electron chi connectivity index (χ0n) is 17.9. The van der Waals surface area contributed by atoms with Crippen LogP contribution in [0.3, 0.4) is 0 Å². The fraction of sp³-hybridized carbons (Fsp3) is 0.571. The van der Waals surface area contributed by atoms with Crippen LogP contribution in [-0.2, 0) is 16.0 Å². The molecule has 8 heteroatoms. The molecule has 1 aromatic heterocycles. The highest BCUT2D eigenvalue weighted by Gasteiger charge is 2.13. The highest BCUT2D eigenvalue weighted by molar-refractivity contribution is 5.79.